The summed E-state index contributed by atoms with van der Waals surface area (Å²) in [6, 6.07) is 8.51. The molecule has 2 unspecified atom stereocenters. The number of nitriles is 1. The van der Waals surface area contributed by atoms with E-state index in [9.17, 15) is 5.26 Å². The number of nitrogens with zero attached hydrogens (tertiary/aromatic N) is 3. The molecule has 1 heterocycles. The molecule has 5 nitrogen and oxygen atoms in total. The van der Waals surface area contributed by atoms with Gasteiger partial charge in [0.25, 0.3) is 0 Å². The predicted octanol–water partition coefficient (Wildman–Crippen LogP) is 3.07. The number of ether oxygens (including phenoxy) is 2. The van der Waals surface area contributed by atoms with Crippen LogP contribution < -0.4 is 9.47 Å². The molecule has 0 aromatic heterocycles. The summed E-state index contributed by atoms with van der Waals surface area (Å²) in [5.74, 6) is 1.45. The highest BCUT2D eigenvalue weighted by molar-refractivity contribution is 5.45. The van der Waals surface area contributed by atoms with E-state index in [1.165, 1.54) is 0 Å². The Balaban J connectivity index is 2.19. The summed E-state index contributed by atoms with van der Waals surface area (Å²) in [6.45, 7) is 7.78. The Morgan fingerprint density at radius 3 is 2.75 bits per heavy atom. The van der Waals surface area contributed by atoms with Gasteiger partial charge in [0.15, 0.2) is 11.5 Å². The fourth-order valence-electron chi connectivity index (χ4n) is 2.98. The van der Waals surface area contributed by atoms with Crippen molar-refractivity contribution < 1.29 is 9.47 Å². The van der Waals surface area contributed by atoms with Crippen molar-refractivity contribution in [3.05, 3.63) is 23.8 Å². The first kappa shape index (κ1) is 18.6. The molecule has 1 aromatic carbocycles. The van der Waals surface area contributed by atoms with Crippen molar-refractivity contribution in [1.82, 2.24) is 9.80 Å². The molecule has 1 aliphatic rings. The van der Waals surface area contributed by atoms with Crippen LogP contribution in [0.5, 0.6) is 11.5 Å². The smallest absolute Gasteiger partial charge is 0.161 e. The Morgan fingerprint density at radius 2 is 2.12 bits per heavy atom. The highest BCUT2D eigenvalue weighted by atomic mass is 16.5. The molecule has 5 heteroatoms. The van der Waals surface area contributed by atoms with Gasteiger partial charge in [-0.2, -0.15) is 5.26 Å². The van der Waals surface area contributed by atoms with Gasteiger partial charge in [0.2, 0.25) is 0 Å². The zero-order chi connectivity index (χ0) is 17.5. The van der Waals surface area contributed by atoms with E-state index < -0.39 is 0 Å². The molecule has 0 N–H and O–H groups in total. The number of piperazine rings is 1. The number of rotatable bonds is 7. The highest BCUT2D eigenvalue weighted by Crippen LogP contribution is 2.33. The summed E-state index contributed by atoms with van der Waals surface area (Å²) >= 11 is 0. The number of hydrogen-bond donors (Lipinski definition) is 0. The van der Waals surface area contributed by atoms with Gasteiger partial charge in [0, 0.05) is 25.7 Å². The fraction of sp³-hybridized carbons (Fsp3) is 0.632. The molecule has 0 saturated carbocycles. The lowest BCUT2D eigenvalue weighted by atomic mass is 10.0. The standard InChI is InChI=1S/C19H29N3O2/c1-5-6-11-24-19-12-16(7-8-18(19)23-4)17(13-20)22-10-9-21(3)15(2)14-22/h7-8,12,15,17H,5-6,9-11,14H2,1-4H3. The van der Waals surface area contributed by atoms with Gasteiger partial charge < -0.3 is 14.4 Å². The predicted molar refractivity (Wildman–Crippen MR) is 95.4 cm³/mol. The lowest BCUT2D eigenvalue weighted by Crippen LogP contribution is -2.50. The lowest BCUT2D eigenvalue weighted by Gasteiger charge is -2.39. The van der Waals surface area contributed by atoms with E-state index in [4.69, 9.17) is 9.47 Å². The summed E-state index contributed by atoms with van der Waals surface area (Å²) in [6.07, 6.45) is 2.09. The van der Waals surface area contributed by atoms with Crippen LogP contribution in [0.4, 0.5) is 0 Å². The van der Waals surface area contributed by atoms with Gasteiger partial charge in [0.1, 0.15) is 6.04 Å². The van der Waals surface area contributed by atoms with Crippen LogP contribution in [0.3, 0.4) is 0 Å². The van der Waals surface area contributed by atoms with Gasteiger partial charge in [-0.1, -0.05) is 19.4 Å². The first-order chi connectivity index (χ1) is 11.6. The van der Waals surface area contributed by atoms with Crippen molar-refractivity contribution in [2.24, 2.45) is 0 Å². The van der Waals surface area contributed by atoms with Crippen LogP contribution in [0.2, 0.25) is 0 Å². The van der Waals surface area contributed by atoms with E-state index in [1.54, 1.807) is 7.11 Å². The summed E-state index contributed by atoms with van der Waals surface area (Å²) in [5.41, 5.74) is 0.974. The highest BCUT2D eigenvalue weighted by Gasteiger charge is 2.28. The fourth-order valence-corrected chi connectivity index (χ4v) is 2.98. The molecule has 0 bridgehead atoms. The van der Waals surface area contributed by atoms with E-state index in [-0.39, 0.29) is 6.04 Å². The molecule has 2 atom stereocenters. The summed E-state index contributed by atoms with van der Waals surface area (Å²) in [5, 5.41) is 9.74. The van der Waals surface area contributed by atoms with E-state index in [0.717, 1.165) is 49.5 Å². The summed E-state index contributed by atoms with van der Waals surface area (Å²) < 4.78 is 11.3. The molecule has 1 saturated heterocycles. The second-order valence-corrected chi connectivity index (χ2v) is 6.47. The largest absolute Gasteiger partial charge is 0.493 e. The van der Waals surface area contributed by atoms with Crippen LogP contribution in [-0.4, -0.2) is 56.2 Å². The minimum Gasteiger partial charge on any atom is -0.493 e. The molecular weight excluding hydrogens is 302 g/mol. The van der Waals surface area contributed by atoms with E-state index in [1.807, 2.05) is 18.2 Å². The van der Waals surface area contributed by atoms with Crippen molar-refractivity contribution in [3.63, 3.8) is 0 Å². The first-order valence-electron chi connectivity index (χ1n) is 8.75. The number of likely N-dealkylation sites (N-methyl/N-ethyl adjacent to an activating group) is 1. The third-order valence-corrected chi connectivity index (χ3v) is 4.74. The minimum absolute atomic E-state index is 0.249. The average molecular weight is 331 g/mol. The van der Waals surface area contributed by atoms with Crippen molar-refractivity contribution in [3.8, 4) is 17.6 Å². The molecule has 0 spiro atoms. The van der Waals surface area contributed by atoms with Crippen molar-refractivity contribution in [1.29, 1.82) is 5.26 Å². The van der Waals surface area contributed by atoms with Gasteiger partial charge in [0.05, 0.1) is 19.8 Å². The molecule has 2 rings (SSSR count). The maximum atomic E-state index is 9.74. The molecular formula is C19H29N3O2. The summed E-state index contributed by atoms with van der Waals surface area (Å²) in [7, 11) is 3.78. The topological polar surface area (TPSA) is 48.7 Å². The Morgan fingerprint density at radius 1 is 1.33 bits per heavy atom. The average Bonchev–Trinajstić information content (AvgIpc) is 2.59. The van der Waals surface area contributed by atoms with Gasteiger partial charge in [-0.25, -0.2) is 0 Å². The number of hydrogen-bond acceptors (Lipinski definition) is 5. The Bertz CT molecular complexity index is 570. The van der Waals surface area contributed by atoms with E-state index in [0.29, 0.717) is 12.6 Å². The van der Waals surface area contributed by atoms with Gasteiger partial charge >= 0.3 is 0 Å². The maximum absolute atomic E-state index is 9.74. The normalized spacial score (nSPS) is 20.4. The number of unbranched alkanes of at least 4 members (excludes halogenated alkanes) is 1. The van der Waals surface area contributed by atoms with Crippen LogP contribution in [0.25, 0.3) is 0 Å². The lowest BCUT2D eigenvalue weighted by molar-refractivity contribution is 0.0880. The van der Waals surface area contributed by atoms with Crippen molar-refractivity contribution in [2.75, 3.05) is 40.4 Å². The third-order valence-electron chi connectivity index (χ3n) is 4.74. The van der Waals surface area contributed by atoms with Crippen LogP contribution >= 0.6 is 0 Å². The van der Waals surface area contributed by atoms with Gasteiger partial charge in [-0.3, -0.25) is 4.90 Å². The quantitative estimate of drug-likeness (QED) is 0.719. The zero-order valence-electron chi connectivity index (χ0n) is 15.3. The Hall–Kier alpha value is -1.77. The Kier molecular flexibility index (Phi) is 6.89. The maximum Gasteiger partial charge on any atom is 0.161 e. The summed E-state index contributed by atoms with van der Waals surface area (Å²) in [4.78, 5) is 4.58. The van der Waals surface area contributed by atoms with Crippen LogP contribution in [-0.2, 0) is 0 Å². The molecule has 24 heavy (non-hydrogen) atoms. The monoisotopic (exact) mass is 331 g/mol. The molecule has 0 amide bonds. The van der Waals surface area contributed by atoms with E-state index in [2.05, 4.69) is 36.8 Å². The molecule has 0 radical (unpaired) electrons. The molecule has 0 aliphatic carbocycles. The SMILES string of the molecule is CCCCOc1cc(C(C#N)N2CCN(C)C(C)C2)ccc1OC. The minimum atomic E-state index is -0.249. The Labute approximate surface area is 145 Å². The van der Waals surface area contributed by atoms with Crippen LogP contribution in [0.1, 0.15) is 38.3 Å². The van der Waals surface area contributed by atoms with E-state index >= 15 is 0 Å². The zero-order valence-corrected chi connectivity index (χ0v) is 15.3. The van der Waals surface area contributed by atoms with Crippen LogP contribution in [0.15, 0.2) is 18.2 Å². The first-order valence-corrected chi connectivity index (χ1v) is 8.75. The second kappa shape index (κ2) is 8.91. The molecule has 1 fully saturated rings. The van der Waals surface area contributed by atoms with Crippen molar-refractivity contribution in [2.45, 2.75) is 38.8 Å². The molecule has 132 valence electrons. The molecule has 1 aromatic rings. The van der Waals surface area contributed by atoms with Gasteiger partial charge in [-0.05, 0) is 38.1 Å². The van der Waals surface area contributed by atoms with Crippen LogP contribution in [0, 0.1) is 11.3 Å². The number of methoxy groups -OCH3 is 1. The third kappa shape index (κ3) is 4.40. The second-order valence-electron chi connectivity index (χ2n) is 6.47. The van der Waals surface area contributed by atoms with Crippen molar-refractivity contribution >= 4 is 0 Å². The van der Waals surface area contributed by atoms with Gasteiger partial charge in [-0.15, -0.1) is 0 Å². The number of benzene rings is 1. The molecule has 1 aliphatic heterocycles.